The summed E-state index contributed by atoms with van der Waals surface area (Å²) >= 11 is 0. The normalized spacial score (nSPS) is 21.5. The van der Waals surface area contributed by atoms with Crippen molar-refractivity contribution in [2.24, 2.45) is 5.92 Å². The van der Waals surface area contributed by atoms with Gasteiger partial charge in [-0.25, -0.2) is 0 Å². The molecule has 3 rings (SSSR count). The van der Waals surface area contributed by atoms with Crippen LogP contribution in [-0.4, -0.2) is 51.2 Å². The van der Waals surface area contributed by atoms with E-state index in [2.05, 4.69) is 5.32 Å². The number of hydrogen-bond donors (Lipinski definition) is 1. The van der Waals surface area contributed by atoms with Crippen LogP contribution in [0.15, 0.2) is 12.1 Å². The number of hydrogen-bond acceptors (Lipinski definition) is 4. The van der Waals surface area contributed by atoms with E-state index in [1.54, 1.807) is 14.2 Å². The van der Waals surface area contributed by atoms with E-state index in [9.17, 15) is 4.79 Å². The molecule has 1 unspecified atom stereocenters. The molecule has 0 radical (unpaired) electrons. The first kappa shape index (κ1) is 15.2. The molecule has 120 valence electrons. The Balaban J connectivity index is 1.79. The smallest absolute Gasteiger partial charge is 0.254 e. The highest BCUT2D eigenvalue weighted by atomic mass is 16.5. The lowest BCUT2D eigenvalue weighted by atomic mass is 9.94. The molecular formula is C17H24N2O3. The van der Waals surface area contributed by atoms with Crippen LogP contribution in [0.4, 0.5) is 0 Å². The van der Waals surface area contributed by atoms with Crippen LogP contribution in [0.1, 0.15) is 28.8 Å². The summed E-state index contributed by atoms with van der Waals surface area (Å²) in [6.07, 6.45) is 3.28. The van der Waals surface area contributed by atoms with E-state index in [1.165, 1.54) is 12.8 Å². The van der Waals surface area contributed by atoms with Crippen molar-refractivity contribution in [3.05, 3.63) is 23.3 Å². The molecule has 22 heavy (non-hydrogen) atoms. The first-order chi connectivity index (χ1) is 10.7. The highest BCUT2D eigenvalue weighted by Gasteiger charge is 2.28. The minimum absolute atomic E-state index is 0.118. The lowest BCUT2D eigenvalue weighted by Crippen LogP contribution is -2.44. The number of carbonyl (C=O) groups excluding carboxylic acids is 1. The van der Waals surface area contributed by atoms with Crippen molar-refractivity contribution in [3.8, 4) is 11.5 Å². The van der Waals surface area contributed by atoms with Gasteiger partial charge in [0.2, 0.25) is 0 Å². The second kappa shape index (κ2) is 6.57. The lowest BCUT2D eigenvalue weighted by Gasteiger charge is -2.33. The molecular weight excluding hydrogens is 280 g/mol. The van der Waals surface area contributed by atoms with E-state index in [1.807, 2.05) is 17.0 Å². The Bertz CT molecular complexity index is 553. The molecule has 1 atom stereocenters. The molecule has 0 aliphatic carbocycles. The third-order valence-electron chi connectivity index (χ3n) is 4.66. The quantitative estimate of drug-likeness (QED) is 0.920. The van der Waals surface area contributed by atoms with E-state index in [4.69, 9.17) is 9.47 Å². The number of ether oxygens (including phenoxy) is 2. The summed E-state index contributed by atoms with van der Waals surface area (Å²) in [5.41, 5.74) is 1.81. The number of methoxy groups -OCH3 is 2. The zero-order valence-electron chi connectivity index (χ0n) is 13.4. The van der Waals surface area contributed by atoms with E-state index in [0.29, 0.717) is 17.4 Å². The number of amides is 1. The van der Waals surface area contributed by atoms with Crippen molar-refractivity contribution >= 4 is 5.91 Å². The monoisotopic (exact) mass is 304 g/mol. The highest BCUT2D eigenvalue weighted by Crippen LogP contribution is 2.33. The number of nitrogens with one attached hydrogen (secondary N) is 1. The third-order valence-corrected chi connectivity index (χ3v) is 4.66. The Hall–Kier alpha value is -1.75. The Kier molecular flexibility index (Phi) is 4.52. The van der Waals surface area contributed by atoms with Gasteiger partial charge in [-0.3, -0.25) is 4.79 Å². The van der Waals surface area contributed by atoms with Gasteiger partial charge in [0.25, 0.3) is 5.91 Å². The fraction of sp³-hybridized carbons (Fsp3) is 0.588. The predicted octanol–water partition coefficient (Wildman–Crippen LogP) is 1.70. The maximum absolute atomic E-state index is 12.8. The van der Waals surface area contributed by atoms with Crippen LogP contribution in [0.25, 0.3) is 0 Å². The summed E-state index contributed by atoms with van der Waals surface area (Å²) in [5.74, 6) is 2.00. The Morgan fingerprint density at radius 1 is 1.27 bits per heavy atom. The van der Waals surface area contributed by atoms with Gasteiger partial charge in [-0.05, 0) is 56.0 Å². The molecule has 1 saturated heterocycles. The number of carbonyl (C=O) groups is 1. The van der Waals surface area contributed by atoms with Gasteiger partial charge in [0.15, 0.2) is 11.5 Å². The average Bonchev–Trinajstić information content (AvgIpc) is 2.57. The predicted molar refractivity (Wildman–Crippen MR) is 84.7 cm³/mol. The molecule has 5 heteroatoms. The first-order valence-electron chi connectivity index (χ1n) is 7.98. The van der Waals surface area contributed by atoms with Gasteiger partial charge in [0, 0.05) is 18.7 Å². The topological polar surface area (TPSA) is 50.8 Å². The summed E-state index contributed by atoms with van der Waals surface area (Å²) in [5, 5.41) is 3.42. The maximum Gasteiger partial charge on any atom is 0.254 e. The largest absolute Gasteiger partial charge is 0.493 e. The Morgan fingerprint density at radius 3 is 2.73 bits per heavy atom. The molecule has 1 fully saturated rings. The molecule has 0 spiro atoms. The highest BCUT2D eigenvalue weighted by molar-refractivity contribution is 5.97. The van der Waals surface area contributed by atoms with Crippen molar-refractivity contribution in [3.63, 3.8) is 0 Å². The second-order valence-corrected chi connectivity index (χ2v) is 6.08. The van der Waals surface area contributed by atoms with Gasteiger partial charge in [-0.15, -0.1) is 0 Å². The summed E-state index contributed by atoms with van der Waals surface area (Å²) in [7, 11) is 3.22. The number of piperidine rings is 1. The SMILES string of the molecule is COc1cc2c(cc1OC)C(=O)N(CC1CCCNC1)CC2. The molecule has 2 aliphatic heterocycles. The first-order valence-corrected chi connectivity index (χ1v) is 7.98. The van der Waals surface area contributed by atoms with Crippen molar-refractivity contribution in [2.75, 3.05) is 40.4 Å². The molecule has 2 heterocycles. The van der Waals surface area contributed by atoms with Crippen molar-refractivity contribution < 1.29 is 14.3 Å². The van der Waals surface area contributed by atoms with Crippen LogP contribution in [0.3, 0.4) is 0 Å². The molecule has 1 amide bonds. The zero-order chi connectivity index (χ0) is 15.5. The number of benzene rings is 1. The number of nitrogens with zero attached hydrogens (tertiary/aromatic N) is 1. The van der Waals surface area contributed by atoms with Gasteiger partial charge in [0.1, 0.15) is 0 Å². The number of rotatable bonds is 4. The summed E-state index contributed by atoms with van der Waals surface area (Å²) in [6.45, 7) is 3.75. The van der Waals surface area contributed by atoms with E-state index >= 15 is 0 Å². The van der Waals surface area contributed by atoms with Crippen LogP contribution < -0.4 is 14.8 Å². The minimum Gasteiger partial charge on any atom is -0.493 e. The van der Waals surface area contributed by atoms with E-state index < -0.39 is 0 Å². The molecule has 1 N–H and O–H groups in total. The number of fused-ring (bicyclic) bond motifs is 1. The third kappa shape index (κ3) is 2.90. The Morgan fingerprint density at radius 2 is 2.05 bits per heavy atom. The van der Waals surface area contributed by atoms with E-state index in [-0.39, 0.29) is 5.91 Å². The maximum atomic E-state index is 12.8. The van der Waals surface area contributed by atoms with Gasteiger partial charge in [0.05, 0.1) is 14.2 Å². The fourth-order valence-electron chi connectivity index (χ4n) is 3.42. The summed E-state index contributed by atoms with van der Waals surface area (Å²) < 4.78 is 10.7. The molecule has 1 aromatic carbocycles. The van der Waals surface area contributed by atoms with Gasteiger partial charge < -0.3 is 19.7 Å². The van der Waals surface area contributed by atoms with Gasteiger partial charge >= 0.3 is 0 Å². The lowest BCUT2D eigenvalue weighted by molar-refractivity contribution is 0.0701. The van der Waals surface area contributed by atoms with Crippen LogP contribution in [-0.2, 0) is 6.42 Å². The van der Waals surface area contributed by atoms with Crippen molar-refractivity contribution in [2.45, 2.75) is 19.3 Å². The van der Waals surface area contributed by atoms with Gasteiger partial charge in [-0.1, -0.05) is 0 Å². The molecule has 0 aromatic heterocycles. The fourth-order valence-corrected chi connectivity index (χ4v) is 3.42. The summed E-state index contributed by atoms with van der Waals surface area (Å²) in [4.78, 5) is 14.8. The van der Waals surface area contributed by atoms with Crippen LogP contribution >= 0.6 is 0 Å². The van der Waals surface area contributed by atoms with Crippen LogP contribution in [0.5, 0.6) is 11.5 Å². The standard InChI is InChI=1S/C17H24N2O3/c1-21-15-8-13-5-7-19(11-12-4-3-6-18-10-12)17(20)14(13)9-16(15)22-2/h8-9,12,18H,3-7,10-11H2,1-2H3. The van der Waals surface area contributed by atoms with E-state index in [0.717, 1.165) is 43.7 Å². The molecule has 5 nitrogen and oxygen atoms in total. The van der Waals surface area contributed by atoms with Crippen LogP contribution in [0, 0.1) is 5.92 Å². The minimum atomic E-state index is 0.118. The Labute approximate surface area is 131 Å². The molecule has 2 aliphatic rings. The average molecular weight is 304 g/mol. The van der Waals surface area contributed by atoms with Crippen LogP contribution in [0.2, 0.25) is 0 Å². The summed E-state index contributed by atoms with van der Waals surface area (Å²) in [6, 6.07) is 3.76. The van der Waals surface area contributed by atoms with Crippen molar-refractivity contribution in [1.29, 1.82) is 0 Å². The molecule has 0 saturated carbocycles. The second-order valence-electron chi connectivity index (χ2n) is 6.08. The van der Waals surface area contributed by atoms with Crippen molar-refractivity contribution in [1.82, 2.24) is 10.2 Å². The molecule has 1 aromatic rings. The zero-order valence-corrected chi connectivity index (χ0v) is 13.4. The molecule has 0 bridgehead atoms. The van der Waals surface area contributed by atoms with Gasteiger partial charge in [-0.2, -0.15) is 0 Å².